The minimum absolute atomic E-state index is 0.310. The molecule has 1 aromatic rings. The van der Waals surface area contributed by atoms with Crippen LogP contribution in [0.2, 0.25) is 0 Å². The minimum Gasteiger partial charge on any atom is -0.369 e. The summed E-state index contributed by atoms with van der Waals surface area (Å²) in [6.45, 7) is 6.23. The van der Waals surface area contributed by atoms with Crippen LogP contribution in [0.1, 0.15) is 12.8 Å². The fraction of sp³-hybridized carbons (Fsp3) is 0.611. The van der Waals surface area contributed by atoms with Gasteiger partial charge in [0.05, 0.1) is 5.75 Å². The predicted molar refractivity (Wildman–Crippen MR) is 98.2 cm³/mol. The molecule has 2 saturated heterocycles. The van der Waals surface area contributed by atoms with Crippen LogP contribution >= 0.6 is 11.8 Å². The summed E-state index contributed by atoms with van der Waals surface area (Å²) in [7, 11) is 0. The van der Waals surface area contributed by atoms with Crippen LogP contribution in [-0.2, 0) is 4.79 Å². The zero-order valence-electron chi connectivity index (χ0n) is 14.0. The van der Waals surface area contributed by atoms with Gasteiger partial charge in [0, 0.05) is 51.0 Å². The number of carbonyl (C=O) groups excluding carboxylic acids is 1. The zero-order chi connectivity index (χ0) is 16.1. The highest BCUT2D eigenvalue weighted by Gasteiger charge is 2.29. The summed E-state index contributed by atoms with van der Waals surface area (Å²) in [6, 6.07) is 11.2. The number of piperazine rings is 1. The van der Waals surface area contributed by atoms with Gasteiger partial charge in [-0.15, -0.1) is 0 Å². The van der Waals surface area contributed by atoms with Gasteiger partial charge in [-0.25, -0.2) is 0 Å². The molecule has 5 heteroatoms. The molecular formula is C18H27N3OS. The van der Waals surface area contributed by atoms with Gasteiger partial charge in [0.15, 0.2) is 0 Å². The van der Waals surface area contributed by atoms with E-state index in [1.807, 2.05) is 6.26 Å². The number of hydrogen-bond donors (Lipinski definition) is 0. The molecule has 0 unspecified atom stereocenters. The quantitative estimate of drug-likeness (QED) is 0.844. The predicted octanol–water partition coefficient (Wildman–Crippen LogP) is 2.16. The second-order valence-electron chi connectivity index (χ2n) is 6.43. The Labute approximate surface area is 143 Å². The number of rotatable bonds is 4. The van der Waals surface area contributed by atoms with Crippen LogP contribution in [0.3, 0.4) is 0 Å². The fourth-order valence-electron chi connectivity index (χ4n) is 3.68. The minimum atomic E-state index is 0.310. The van der Waals surface area contributed by atoms with Crippen LogP contribution in [-0.4, -0.2) is 73.0 Å². The summed E-state index contributed by atoms with van der Waals surface area (Å²) in [5.41, 5.74) is 1.33. The number of anilines is 1. The van der Waals surface area contributed by atoms with E-state index in [9.17, 15) is 4.79 Å². The third kappa shape index (κ3) is 4.21. The molecule has 23 heavy (non-hydrogen) atoms. The summed E-state index contributed by atoms with van der Waals surface area (Å²) in [6.07, 6.45) is 4.38. The van der Waals surface area contributed by atoms with E-state index in [0.29, 0.717) is 17.7 Å². The van der Waals surface area contributed by atoms with E-state index in [2.05, 4.69) is 45.0 Å². The van der Waals surface area contributed by atoms with Crippen molar-refractivity contribution >= 4 is 23.4 Å². The third-order valence-electron chi connectivity index (χ3n) is 4.97. The Kier molecular flexibility index (Phi) is 5.84. The largest absolute Gasteiger partial charge is 0.369 e. The number of amides is 1. The number of nitrogens with zero attached hydrogens (tertiary/aromatic N) is 3. The smallest absolute Gasteiger partial charge is 0.232 e. The summed E-state index contributed by atoms with van der Waals surface area (Å²) in [5, 5.41) is 0. The first-order chi connectivity index (χ1) is 11.3. The molecule has 0 spiro atoms. The molecule has 0 saturated carbocycles. The number of hydrogen-bond acceptors (Lipinski definition) is 4. The molecule has 0 bridgehead atoms. The fourth-order valence-corrected chi connectivity index (χ4v) is 4.11. The molecule has 3 rings (SSSR count). The standard InChI is InChI=1S/C18H27N3OS/c1-23-15-18(22)21-9-5-8-17(14-21)20-12-10-19(11-13-20)16-6-3-2-4-7-16/h2-4,6-7,17H,5,8-15H2,1H3/t17-/m0/s1. The van der Waals surface area contributed by atoms with E-state index in [0.717, 1.165) is 45.7 Å². The number of benzene rings is 1. The average Bonchev–Trinajstić information content (AvgIpc) is 2.63. The Morgan fingerprint density at radius 2 is 1.87 bits per heavy atom. The van der Waals surface area contributed by atoms with Crippen LogP contribution in [0.5, 0.6) is 0 Å². The maximum absolute atomic E-state index is 12.1. The van der Waals surface area contributed by atoms with E-state index in [4.69, 9.17) is 0 Å². The maximum Gasteiger partial charge on any atom is 0.232 e. The van der Waals surface area contributed by atoms with Gasteiger partial charge in [-0.2, -0.15) is 11.8 Å². The van der Waals surface area contributed by atoms with Crippen LogP contribution < -0.4 is 4.90 Å². The van der Waals surface area contributed by atoms with Crippen molar-refractivity contribution in [3.05, 3.63) is 30.3 Å². The molecule has 0 N–H and O–H groups in total. The highest BCUT2D eigenvalue weighted by molar-refractivity contribution is 7.99. The molecule has 4 nitrogen and oxygen atoms in total. The molecule has 0 radical (unpaired) electrons. The van der Waals surface area contributed by atoms with E-state index in [1.165, 1.54) is 12.1 Å². The molecule has 0 aliphatic carbocycles. The topological polar surface area (TPSA) is 26.8 Å². The van der Waals surface area contributed by atoms with Gasteiger partial charge in [-0.1, -0.05) is 18.2 Å². The SMILES string of the molecule is CSCC(=O)N1CCC[C@H](N2CCN(c3ccccc3)CC2)C1. The van der Waals surface area contributed by atoms with E-state index in [1.54, 1.807) is 11.8 Å². The number of likely N-dealkylation sites (tertiary alicyclic amines) is 1. The third-order valence-corrected chi connectivity index (χ3v) is 5.50. The highest BCUT2D eigenvalue weighted by Crippen LogP contribution is 2.21. The van der Waals surface area contributed by atoms with Gasteiger partial charge in [-0.3, -0.25) is 9.69 Å². The summed E-state index contributed by atoms with van der Waals surface area (Å²) >= 11 is 1.63. The van der Waals surface area contributed by atoms with Crippen molar-refractivity contribution in [3.63, 3.8) is 0 Å². The Morgan fingerprint density at radius 3 is 2.57 bits per heavy atom. The molecule has 1 atom stereocenters. The molecule has 2 aliphatic heterocycles. The first-order valence-corrected chi connectivity index (χ1v) is 9.98. The van der Waals surface area contributed by atoms with Crippen molar-refractivity contribution in [2.45, 2.75) is 18.9 Å². The lowest BCUT2D eigenvalue weighted by Crippen LogP contribution is -2.56. The molecule has 126 valence electrons. The lowest BCUT2D eigenvalue weighted by molar-refractivity contribution is -0.130. The van der Waals surface area contributed by atoms with Gasteiger partial charge in [0.2, 0.25) is 5.91 Å². The molecule has 2 aliphatic rings. The van der Waals surface area contributed by atoms with Crippen molar-refractivity contribution < 1.29 is 4.79 Å². The van der Waals surface area contributed by atoms with Crippen molar-refractivity contribution in [2.75, 3.05) is 56.2 Å². The number of piperidine rings is 1. The molecular weight excluding hydrogens is 306 g/mol. The van der Waals surface area contributed by atoms with Crippen molar-refractivity contribution in [1.29, 1.82) is 0 Å². The van der Waals surface area contributed by atoms with E-state index >= 15 is 0 Å². The second-order valence-corrected chi connectivity index (χ2v) is 7.29. The molecule has 2 fully saturated rings. The molecule has 1 aromatic carbocycles. The first-order valence-electron chi connectivity index (χ1n) is 8.58. The van der Waals surface area contributed by atoms with Crippen LogP contribution in [0.15, 0.2) is 30.3 Å². The normalized spacial score (nSPS) is 23.1. The zero-order valence-corrected chi connectivity index (χ0v) is 14.8. The molecule has 0 aromatic heterocycles. The van der Waals surface area contributed by atoms with Gasteiger partial charge >= 0.3 is 0 Å². The van der Waals surface area contributed by atoms with Crippen LogP contribution in [0.4, 0.5) is 5.69 Å². The van der Waals surface area contributed by atoms with Crippen molar-refractivity contribution in [2.24, 2.45) is 0 Å². The number of thioether (sulfide) groups is 1. The van der Waals surface area contributed by atoms with Crippen molar-refractivity contribution in [3.8, 4) is 0 Å². The summed E-state index contributed by atoms with van der Waals surface area (Å²) in [4.78, 5) is 19.3. The van der Waals surface area contributed by atoms with Gasteiger partial charge in [-0.05, 0) is 31.2 Å². The maximum atomic E-state index is 12.1. The lowest BCUT2D eigenvalue weighted by atomic mass is 10.0. The van der Waals surface area contributed by atoms with Gasteiger partial charge in [0.1, 0.15) is 0 Å². The summed E-state index contributed by atoms with van der Waals surface area (Å²) in [5.74, 6) is 0.930. The van der Waals surface area contributed by atoms with Crippen LogP contribution in [0, 0.1) is 0 Å². The molecule has 1 amide bonds. The van der Waals surface area contributed by atoms with Crippen LogP contribution in [0.25, 0.3) is 0 Å². The Balaban J connectivity index is 1.52. The van der Waals surface area contributed by atoms with E-state index in [-0.39, 0.29) is 0 Å². The Hall–Kier alpha value is -1.20. The molecule has 2 heterocycles. The van der Waals surface area contributed by atoms with Gasteiger partial charge in [0.25, 0.3) is 0 Å². The van der Waals surface area contributed by atoms with Gasteiger partial charge < -0.3 is 9.80 Å². The first kappa shape index (κ1) is 16.7. The average molecular weight is 334 g/mol. The number of para-hydroxylation sites is 1. The highest BCUT2D eigenvalue weighted by atomic mass is 32.2. The number of carbonyl (C=O) groups is 1. The Bertz CT molecular complexity index is 502. The van der Waals surface area contributed by atoms with Crippen molar-refractivity contribution in [1.82, 2.24) is 9.80 Å². The lowest BCUT2D eigenvalue weighted by Gasteiger charge is -2.44. The monoisotopic (exact) mass is 333 g/mol. The summed E-state index contributed by atoms with van der Waals surface area (Å²) < 4.78 is 0. The van der Waals surface area contributed by atoms with E-state index < -0.39 is 0 Å². The Morgan fingerprint density at radius 1 is 1.13 bits per heavy atom. The second kappa shape index (κ2) is 8.06.